The van der Waals surface area contributed by atoms with Gasteiger partial charge in [0.15, 0.2) is 0 Å². The Hall–Kier alpha value is -2.18. The first-order valence-electron chi connectivity index (χ1n) is 8.95. The second-order valence-electron chi connectivity index (χ2n) is 6.95. The monoisotopic (exact) mass is 370 g/mol. The lowest BCUT2D eigenvalue weighted by molar-refractivity contribution is -0.126. The number of hydrogen-bond donors (Lipinski definition) is 1. The van der Waals surface area contributed by atoms with Gasteiger partial charge < -0.3 is 5.32 Å². The van der Waals surface area contributed by atoms with Gasteiger partial charge in [0.05, 0.1) is 4.90 Å². The third-order valence-corrected chi connectivity index (χ3v) is 7.19. The summed E-state index contributed by atoms with van der Waals surface area (Å²) in [6, 6.07) is 12.0. The van der Waals surface area contributed by atoms with Crippen molar-refractivity contribution in [3.8, 4) is 0 Å². The zero-order valence-corrected chi connectivity index (χ0v) is 15.6. The van der Waals surface area contributed by atoms with Crippen LogP contribution in [-0.4, -0.2) is 31.7 Å². The highest BCUT2D eigenvalue weighted by molar-refractivity contribution is 7.89. The fourth-order valence-electron chi connectivity index (χ4n) is 3.94. The molecule has 5 nitrogen and oxygen atoms in total. The number of sulfonamides is 1. The summed E-state index contributed by atoms with van der Waals surface area (Å²) in [5, 5.41) is 2.81. The summed E-state index contributed by atoms with van der Waals surface area (Å²) >= 11 is 0. The third-order valence-electron chi connectivity index (χ3n) is 5.33. The van der Waals surface area contributed by atoms with Crippen LogP contribution in [0.5, 0.6) is 0 Å². The predicted molar refractivity (Wildman–Crippen MR) is 99.3 cm³/mol. The van der Waals surface area contributed by atoms with Gasteiger partial charge >= 0.3 is 0 Å². The number of rotatable bonds is 3. The van der Waals surface area contributed by atoms with Gasteiger partial charge in [0, 0.05) is 13.1 Å². The molecule has 1 aliphatic heterocycles. The van der Waals surface area contributed by atoms with Crippen LogP contribution in [0.1, 0.15) is 34.7 Å². The lowest BCUT2D eigenvalue weighted by atomic mass is 9.99. The number of carbonyl (C=O) groups excluding carboxylic acids is 1. The van der Waals surface area contributed by atoms with Crippen molar-refractivity contribution < 1.29 is 13.2 Å². The molecule has 0 bridgehead atoms. The largest absolute Gasteiger partial charge is 0.353 e. The normalized spacial score (nSPS) is 20.7. The maximum absolute atomic E-state index is 13.4. The van der Waals surface area contributed by atoms with Crippen LogP contribution in [-0.2, 0) is 27.7 Å². The van der Waals surface area contributed by atoms with Crippen LogP contribution in [0.2, 0.25) is 0 Å². The zero-order chi connectivity index (χ0) is 18.3. The molecule has 2 aromatic carbocycles. The first kappa shape index (κ1) is 17.2. The maximum Gasteiger partial charge on any atom is 0.244 e. The van der Waals surface area contributed by atoms with Gasteiger partial charge in [0.2, 0.25) is 15.9 Å². The number of nitrogens with zero attached hydrogens (tertiary/aromatic N) is 1. The minimum absolute atomic E-state index is 0.268. The van der Waals surface area contributed by atoms with Crippen molar-refractivity contribution in [3.63, 3.8) is 0 Å². The van der Waals surface area contributed by atoms with Gasteiger partial charge in [-0.15, -0.1) is 0 Å². The highest BCUT2D eigenvalue weighted by Crippen LogP contribution is 2.33. The van der Waals surface area contributed by atoms with Gasteiger partial charge in [-0.1, -0.05) is 30.3 Å². The Morgan fingerprint density at radius 1 is 1.08 bits per heavy atom. The molecule has 6 heteroatoms. The molecule has 136 valence electrons. The summed E-state index contributed by atoms with van der Waals surface area (Å²) in [5.41, 5.74) is 3.98. The molecule has 1 aliphatic carbocycles. The van der Waals surface area contributed by atoms with Crippen molar-refractivity contribution in [1.29, 1.82) is 0 Å². The van der Waals surface area contributed by atoms with E-state index in [9.17, 15) is 13.2 Å². The number of aryl methyl sites for hydroxylation is 3. The summed E-state index contributed by atoms with van der Waals surface area (Å²) in [5.74, 6) is -0.268. The Bertz CT molecular complexity index is 969. The summed E-state index contributed by atoms with van der Waals surface area (Å²) in [6.07, 6.45) is 2.99. The Balaban J connectivity index is 1.78. The molecule has 1 saturated heterocycles. The van der Waals surface area contributed by atoms with Crippen molar-refractivity contribution in [2.75, 3.05) is 13.1 Å². The molecule has 0 saturated carbocycles. The van der Waals surface area contributed by atoms with Crippen molar-refractivity contribution in [2.45, 2.75) is 37.1 Å². The molecule has 2 aliphatic rings. The molecule has 1 atom stereocenters. The van der Waals surface area contributed by atoms with Crippen LogP contribution in [0.3, 0.4) is 0 Å². The molecule has 4 rings (SSSR count). The number of nitrogens with one attached hydrogen (secondary N) is 1. The van der Waals surface area contributed by atoms with E-state index in [1.807, 2.05) is 37.3 Å². The topological polar surface area (TPSA) is 66.5 Å². The minimum atomic E-state index is -3.76. The van der Waals surface area contributed by atoms with Gasteiger partial charge in [-0.2, -0.15) is 4.31 Å². The molecule has 1 unspecified atom stereocenters. The summed E-state index contributed by atoms with van der Waals surface area (Å²) in [7, 11) is -3.76. The fourth-order valence-corrected chi connectivity index (χ4v) is 5.56. The number of amides is 1. The Labute approximate surface area is 154 Å². The summed E-state index contributed by atoms with van der Waals surface area (Å²) in [6.45, 7) is 2.49. The molecule has 0 spiro atoms. The van der Waals surface area contributed by atoms with Crippen molar-refractivity contribution in [3.05, 3.63) is 64.7 Å². The molecule has 26 heavy (non-hydrogen) atoms. The van der Waals surface area contributed by atoms with Gasteiger partial charge in [0.1, 0.15) is 6.04 Å². The van der Waals surface area contributed by atoms with Crippen LogP contribution >= 0.6 is 0 Å². The van der Waals surface area contributed by atoms with E-state index in [0.29, 0.717) is 6.54 Å². The third kappa shape index (κ3) is 2.83. The van der Waals surface area contributed by atoms with E-state index < -0.39 is 16.1 Å². The van der Waals surface area contributed by atoms with Crippen LogP contribution in [0.15, 0.2) is 47.4 Å². The molecule has 1 fully saturated rings. The van der Waals surface area contributed by atoms with Crippen LogP contribution in [0.4, 0.5) is 0 Å². The summed E-state index contributed by atoms with van der Waals surface area (Å²) in [4.78, 5) is 12.9. The first-order valence-corrected chi connectivity index (χ1v) is 10.4. The average Bonchev–Trinajstić information content (AvgIpc) is 3.10. The van der Waals surface area contributed by atoms with E-state index in [1.165, 1.54) is 9.87 Å². The number of carbonyl (C=O) groups is 1. The van der Waals surface area contributed by atoms with Gasteiger partial charge in [-0.05, 0) is 60.6 Å². The summed E-state index contributed by atoms with van der Waals surface area (Å²) < 4.78 is 28.1. The molecule has 0 radical (unpaired) electrons. The number of piperazine rings is 1. The van der Waals surface area contributed by atoms with E-state index in [0.717, 1.165) is 36.0 Å². The lowest BCUT2D eigenvalue weighted by Crippen LogP contribution is -2.52. The predicted octanol–water partition coefficient (Wildman–Crippen LogP) is 2.35. The fraction of sp³-hybridized carbons (Fsp3) is 0.350. The highest BCUT2D eigenvalue weighted by Gasteiger charge is 2.40. The second kappa shape index (κ2) is 6.52. The van der Waals surface area contributed by atoms with E-state index in [-0.39, 0.29) is 17.3 Å². The highest BCUT2D eigenvalue weighted by atomic mass is 32.2. The molecular weight excluding hydrogens is 348 g/mol. The molecule has 1 heterocycles. The molecule has 1 N–H and O–H groups in total. The zero-order valence-electron chi connectivity index (χ0n) is 14.7. The first-order chi connectivity index (χ1) is 12.5. The lowest BCUT2D eigenvalue weighted by Gasteiger charge is -2.35. The van der Waals surface area contributed by atoms with E-state index >= 15 is 0 Å². The molecular formula is C20H22N2O3S. The quantitative estimate of drug-likeness (QED) is 0.902. The number of fused-ring (bicyclic) bond motifs is 1. The van der Waals surface area contributed by atoms with Crippen molar-refractivity contribution in [1.82, 2.24) is 9.62 Å². The number of benzene rings is 2. The molecule has 2 aromatic rings. The number of hydrogen-bond acceptors (Lipinski definition) is 3. The Morgan fingerprint density at radius 2 is 1.85 bits per heavy atom. The standard InChI is InChI=1S/C20H22N2O3S/c1-14-5-2-3-8-18(14)19-20(23)21-11-12-22(19)26(24,25)17-10-9-15-6-4-7-16(15)13-17/h2-3,5,8-10,13,19H,4,6-7,11-12H2,1H3,(H,21,23). The van der Waals surface area contributed by atoms with Crippen LogP contribution in [0, 0.1) is 6.92 Å². The van der Waals surface area contributed by atoms with E-state index in [4.69, 9.17) is 0 Å². The SMILES string of the molecule is Cc1ccccc1C1C(=O)NCCN1S(=O)(=O)c1ccc2c(c1)CCC2. The second-order valence-corrected chi connectivity index (χ2v) is 8.84. The molecule has 0 aromatic heterocycles. The Morgan fingerprint density at radius 3 is 2.65 bits per heavy atom. The van der Waals surface area contributed by atoms with Crippen LogP contribution < -0.4 is 5.32 Å². The smallest absolute Gasteiger partial charge is 0.244 e. The van der Waals surface area contributed by atoms with Gasteiger partial charge in [-0.25, -0.2) is 8.42 Å². The van der Waals surface area contributed by atoms with Gasteiger partial charge in [-0.3, -0.25) is 4.79 Å². The van der Waals surface area contributed by atoms with Crippen LogP contribution in [0.25, 0.3) is 0 Å². The molecule has 1 amide bonds. The van der Waals surface area contributed by atoms with Crippen molar-refractivity contribution in [2.24, 2.45) is 0 Å². The Kier molecular flexibility index (Phi) is 4.32. The van der Waals surface area contributed by atoms with E-state index in [2.05, 4.69) is 5.32 Å². The van der Waals surface area contributed by atoms with Crippen molar-refractivity contribution >= 4 is 15.9 Å². The van der Waals surface area contributed by atoms with E-state index in [1.54, 1.807) is 12.1 Å². The van der Waals surface area contributed by atoms with Gasteiger partial charge in [0.25, 0.3) is 0 Å². The average molecular weight is 370 g/mol. The minimum Gasteiger partial charge on any atom is -0.353 e. The maximum atomic E-state index is 13.4.